The van der Waals surface area contributed by atoms with Crippen molar-refractivity contribution < 1.29 is 9.47 Å². The molecule has 0 aliphatic rings. The second-order valence-electron chi connectivity index (χ2n) is 2.49. The summed E-state index contributed by atoms with van der Waals surface area (Å²) >= 11 is 0. The molecule has 0 amide bonds. The standard InChI is InChI=1S/C6H14FNO/c1-6(9-7)4-5-8(2)3/h6H,4-5H2,1-3H3. The Kier molecular flexibility index (Phi) is 4.62. The van der Waals surface area contributed by atoms with E-state index in [4.69, 9.17) is 0 Å². The van der Waals surface area contributed by atoms with Gasteiger partial charge < -0.3 is 4.90 Å². The van der Waals surface area contributed by atoms with Crippen LogP contribution in [0.25, 0.3) is 0 Å². The highest BCUT2D eigenvalue weighted by Gasteiger charge is 2.01. The predicted octanol–water partition coefficient (Wildman–Crippen LogP) is 1.23. The lowest BCUT2D eigenvalue weighted by atomic mass is 10.3. The summed E-state index contributed by atoms with van der Waals surface area (Å²) in [6.45, 7) is 2.58. The zero-order valence-corrected chi connectivity index (χ0v) is 6.22. The topological polar surface area (TPSA) is 12.5 Å². The van der Waals surface area contributed by atoms with Gasteiger partial charge >= 0.3 is 0 Å². The monoisotopic (exact) mass is 135 g/mol. The van der Waals surface area contributed by atoms with Gasteiger partial charge in [0.2, 0.25) is 0 Å². The van der Waals surface area contributed by atoms with Crippen LogP contribution in [0.4, 0.5) is 4.53 Å². The van der Waals surface area contributed by atoms with Gasteiger partial charge in [-0.05, 0) is 32.0 Å². The summed E-state index contributed by atoms with van der Waals surface area (Å²) in [5, 5.41) is 0. The highest BCUT2D eigenvalue weighted by molar-refractivity contribution is 4.50. The van der Waals surface area contributed by atoms with Gasteiger partial charge in [-0.15, -0.1) is 0 Å². The minimum Gasteiger partial charge on any atom is -0.309 e. The summed E-state index contributed by atoms with van der Waals surface area (Å²) in [6.07, 6.45) is 0.469. The van der Waals surface area contributed by atoms with E-state index >= 15 is 0 Å². The predicted molar refractivity (Wildman–Crippen MR) is 34.8 cm³/mol. The molecule has 1 atom stereocenters. The van der Waals surface area contributed by atoms with E-state index in [9.17, 15) is 4.53 Å². The van der Waals surface area contributed by atoms with Crippen molar-refractivity contribution in [3.63, 3.8) is 0 Å². The molecule has 0 N–H and O–H groups in total. The minimum absolute atomic E-state index is 0.271. The van der Waals surface area contributed by atoms with Gasteiger partial charge in [-0.2, -0.15) is 4.94 Å². The van der Waals surface area contributed by atoms with Gasteiger partial charge in [0.15, 0.2) is 0 Å². The summed E-state index contributed by atoms with van der Waals surface area (Å²) in [5.74, 6) is 0. The van der Waals surface area contributed by atoms with Crippen molar-refractivity contribution in [3.8, 4) is 0 Å². The van der Waals surface area contributed by atoms with Crippen LogP contribution in [-0.2, 0) is 4.94 Å². The molecule has 0 aromatic carbocycles. The van der Waals surface area contributed by atoms with Gasteiger partial charge in [0.05, 0.1) is 6.10 Å². The third-order valence-electron chi connectivity index (χ3n) is 1.13. The number of hydrogen-bond donors (Lipinski definition) is 0. The molecular weight excluding hydrogens is 121 g/mol. The molecule has 0 aromatic heterocycles. The molecule has 1 unspecified atom stereocenters. The summed E-state index contributed by atoms with van der Waals surface area (Å²) in [4.78, 5) is 5.57. The van der Waals surface area contributed by atoms with E-state index in [1.165, 1.54) is 0 Å². The Hall–Kier alpha value is -0.150. The van der Waals surface area contributed by atoms with Crippen molar-refractivity contribution in [2.24, 2.45) is 0 Å². The number of rotatable bonds is 4. The quantitative estimate of drug-likeness (QED) is 0.574. The maximum Gasteiger partial charge on any atom is 0.0967 e. The molecule has 9 heavy (non-hydrogen) atoms. The summed E-state index contributed by atoms with van der Waals surface area (Å²) in [6, 6.07) is 0. The third-order valence-corrected chi connectivity index (χ3v) is 1.13. The third kappa shape index (κ3) is 5.73. The summed E-state index contributed by atoms with van der Waals surface area (Å²) in [7, 11) is 3.90. The van der Waals surface area contributed by atoms with Crippen LogP contribution in [-0.4, -0.2) is 31.6 Å². The van der Waals surface area contributed by atoms with Crippen LogP contribution >= 0.6 is 0 Å². The molecule has 0 aliphatic carbocycles. The van der Waals surface area contributed by atoms with E-state index in [0.29, 0.717) is 0 Å². The molecule has 3 heteroatoms. The molecule has 0 aromatic rings. The van der Waals surface area contributed by atoms with Crippen LogP contribution in [0.5, 0.6) is 0 Å². The van der Waals surface area contributed by atoms with Crippen molar-refractivity contribution >= 4 is 0 Å². The van der Waals surface area contributed by atoms with Crippen molar-refractivity contribution in [2.75, 3.05) is 20.6 Å². The molecule has 0 heterocycles. The Morgan fingerprint density at radius 1 is 1.56 bits per heavy atom. The Bertz CT molecular complexity index is 68.1. The Morgan fingerprint density at radius 2 is 2.11 bits per heavy atom. The van der Waals surface area contributed by atoms with Crippen molar-refractivity contribution in [2.45, 2.75) is 19.4 Å². The molecular formula is C6H14FNO. The summed E-state index contributed by atoms with van der Waals surface area (Å²) in [5.41, 5.74) is 0. The fourth-order valence-electron chi connectivity index (χ4n) is 0.485. The number of halogens is 1. The first kappa shape index (κ1) is 8.85. The second kappa shape index (κ2) is 4.70. The van der Waals surface area contributed by atoms with Crippen LogP contribution in [0.2, 0.25) is 0 Å². The lowest BCUT2D eigenvalue weighted by Crippen LogP contribution is -2.17. The Balaban J connectivity index is 3.06. The lowest BCUT2D eigenvalue weighted by molar-refractivity contribution is -0.174. The van der Waals surface area contributed by atoms with Crippen LogP contribution < -0.4 is 0 Å². The van der Waals surface area contributed by atoms with Crippen LogP contribution in [0.3, 0.4) is 0 Å². The maximum atomic E-state index is 11.3. The van der Waals surface area contributed by atoms with E-state index in [2.05, 4.69) is 4.94 Å². The van der Waals surface area contributed by atoms with E-state index in [0.717, 1.165) is 13.0 Å². The van der Waals surface area contributed by atoms with Gasteiger partial charge in [0, 0.05) is 6.54 Å². The van der Waals surface area contributed by atoms with Gasteiger partial charge in [0.1, 0.15) is 0 Å². The van der Waals surface area contributed by atoms with Gasteiger partial charge in [-0.25, -0.2) is 0 Å². The first-order valence-corrected chi connectivity index (χ1v) is 3.09. The highest BCUT2D eigenvalue weighted by atomic mass is 19.3. The fraction of sp³-hybridized carbons (Fsp3) is 1.00. The number of hydrogen-bond acceptors (Lipinski definition) is 2. The van der Waals surface area contributed by atoms with Gasteiger partial charge in [-0.3, -0.25) is 0 Å². The molecule has 0 saturated heterocycles. The molecule has 56 valence electrons. The molecule has 0 rings (SSSR count). The molecule has 0 aliphatic heterocycles. The van der Waals surface area contributed by atoms with E-state index in [-0.39, 0.29) is 6.10 Å². The molecule has 0 bridgehead atoms. The normalized spacial score (nSPS) is 14.3. The van der Waals surface area contributed by atoms with Crippen molar-refractivity contribution in [1.29, 1.82) is 0 Å². The molecule has 0 radical (unpaired) electrons. The molecule has 0 spiro atoms. The Morgan fingerprint density at radius 3 is 2.44 bits per heavy atom. The SMILES string of the molecule is CC(CCN(C)C)OF. The van der Waals surface area contributed by atoms with E-state index in [1.54, 1.807) is 6.92 Å². The first-order valence-electron chi connectivity index (χ1n) is 3.09. The largest absolute Gasteiger partial charge is 0.309 e. The van der Waals surface area contributed by atoms with Gasteiger partial charge in [0.25, 0.3) is 0 Å². The maximum absolute atomic E-state index is 11.3. The first-order chi connectivity index (χ1) is 4.16. The smallest absolute Gasteiger partial charge is 0.0967 e. The van der Waals surface area contributed by atoms with E-state index in [1.807, 2.05) is 19.0 Å². The molecule has 0 fully saturated rings. The highest BCUT2D eigenvalue weighted by Crippen LogP contribution is 1.97. The zero-order valence-electron chi connectivity index (χ0n) is 6.22. The minimum atomic E-state index is -0.271. The second-order valence-corrected chi connectivity index (χ2v) is 2.49. The van der Waals surface area contributed by atoms with Crippen molar-refractivity contribution in [1.82, 2.24) is 4.90 Å². The summed E-state index contributed by atoms with van der Waals surface area (Å²) < 4.78 is 11.3. The zero-order chi connectivity index (χ0) is 7.28. The average Bonchev–Trinajstić information content (AvgIpc) is 1.83. The lowest BCUT2D eigenvalue weighted by Gasteiger charge is -2.10. The Labute approximate surface area is 55.5 Å². The molecule has 2 nitrogen and oxygen atoms in total. The fourth-order valence-corrected chi connectivity index (χ4v) is 0.485. The molecule has 0 saturated carbocycles. The van der Waals surface area contributed by atoms with Crippen LogP contribution in [0.15, 0.2) is 0 Å². The van der Waals surface area contributed by atoms with E-state index < -0.39 is 0 Å². The number of nitrogens with zero attached hydrogens (tertiary/aromatic N) is 1. The van der Waals surface area contributed by atoms with Crippen LogP contribution in [0, 0.1) is 0 Å². The van der Waals surface area contributed by atoms with Crippen molar-refractivity contribution in [3.05, 3.63) is 0 Å². The average molecular weight is 135 g/mol. The van der Waals surface area contributed by atoms with Crippen LogP contribution in [0.1, 0.15) is 13.3 Å². The van der Waals surface area contributed by atoms with Gasteiger partial charge in [-0.1, -0.05) is 0 Å².